The van der Waals surface area contributed by atoms with Crippen LogP contribution in [0.3, 0.4) is 0 Å². The minimum Gasteiger partial charge on any atom is -0.310 e. The summed E-state index contributed by atoms with van der Waals surface area (Å²) in [5, 5.41) is 6.68. The van der Waals surface area contributed by atoms with E-state index in [0.29, 0.717) is 5.92 Å². The second-order valence-electron chi connectivity index (χ2n) is 4.66. The zero-order chi connectivity index (χ0) is 13.0. The van der Waals surface area contributed by atoms with E-state index < -0.39 is 0 Å². The van der Waals surface area contributed by atoms with E-state index in [1.165, 1.54) is 5.56 Å². The minimum atomic E-state index is 0.677. The Bertz CT molecular complexity index is 491. The first-order valence-electron chi connectivity index (χ1n) is 6.06. The lowest BCUT2D eigenvalue weighted by atomic mass is 10.2. The number of benzene rings is 1. The number of rotatable bonds is 5. The average Bonchev–Trinajstić information content (AvgIpc) is 2.78. The summed E-state index contributed by atoms with van der Waals surface area (Å²) in [4.78, 5) is 4.65. The largest absolute Gasteiger partial charge is 0.310 e. The Morgan fingerprint density at radius 3 is 2.67 bits per heavy atom. The summed E-state index contributed by atoms with van der Waals surface area (Å²) in [6.07, 6.45) is 0. The van der Waals surface area contributed by atoms with Gasteiger partial charge in [-0.2, -0.15) is 0 Å². The fraction of sp³-hybridized carbons (Fsp3) is 0.357. The first kappa shape index (κ1) is 13.7. The van der Waals surface area contributed by atoms with Crippen LogP contribution in [0.5, 0.6) is 0 Å². The maximum atomic E-state index is 4.65. The molecule has 1 aromatic carbocycles. The van der Waals surface area contributed by atoms with Crippen molar-refractivity contribution in [2.45, 2.75) is 20.4 Å². The van der Waals surface area contributed by atoms with Crippen LogP contribution >= 0.6 is 27.3 Å². The van der Waals surface area contributed by atoms with Crippen molar-refractivity contribution in [2.75, 3.05) is 6.54 Å². The minimum absolute atomic E-state index is 0.677. The Labute approximate surface area is 121 Å². The molecule has 0 aliphatic rings. The van der Waals surface area contributed by atoms with Gasteiger partial charge in [0.25, 0.3) is 0 Å². The summed E-state index contributed by atoms with van der Waals surface area (Å²) in [7, 11) is 0. The molecule has 2 aromatic rings. The van der Waals surface area contributed by atoms with Crippen molar-refractivity contribution in [2.24, 2.45) is 5.92 Å². The highest BCUT2D eigenvalue weighted by molar-refractivity contribution is 9.10. The molecule has 0 amide bonds. The Morgan fingerprint density at radius 1 is 1.28 bits per heavy atom. The Hall–Kier alpha value is -0.710. The van der Waals surface area contributed by atoms with E-state index in [-0.39, 0.29) is 0 Å². The van der Waals surface area contributed by atoms with Gasteiger partial charge >= 0.3 is 0 Å². The smallest absolute Gasteiger partial charge is 0.107 e. The maximum Gasteiger partial charge on any atom is 0.107 e. The lowest BCUT2D eigenvalue weighted by molar-refractivity contribution is 0.551. The lowest BCUT2D eigenvalue weighted by Crippen LogP contribution is -2.18. The van der Waals surface area contributed by atoms with Gasteiger partial charge in [-0.1, -0.05) is 41.9 Å². The SMILES string of the molecule is CC(C)CNCc1nc(-c2ccc(Br)cc2)cs1. The quantitative estimate of drug-likeness (QED) is 0.886. The summed E-state index contributed by atoms with van der Waals surface area (Å²) in [5.41, 5.74) is 2.23. The second-order valence-corrected chi connectivity index (χ2v) is 6.52. The predicted octanol–water partition coefficient (Wildman–Crippen LogP) is 4.32. The normalized spacial score (nSPS) is 11.1. The molecule has 1 aromatic heterocycles. The Balaban J connectivity index is 1.99. The summed E-state index contributed by atoms with van der Waals surface area (Å²) in [6.45, 7) is 6.32. The molecule has 0 radical (unpaired) electrons. The van der Waals surface area contributed by atoms with Gasteiger partial charge in [-0.25, -0.2) is 4.98 Å². The molecule has 0 saturated carbocycles. The number of nitrogens with zero attached hydrogens (tertiary/aromatic N) is 1. The fourth-order valence-electron chi connectivity index (χ4n) is 1.61. The van der Waals surface area contributed by atoms with E-state index in [4.69, 9.17) is 0 Å². The van der Waals surface area contributed by atoms with Gasteiger partial charge in [-0.15, -0.1) is 11.3 Å². The third-order valence-electron chi connectivity index (χ3n) is 2.52. The molecule has 1 N–H and O–H groups in total. The van der Waals surface area contributed by atoms with Crippen molar-refractivity contribution in [3.63, 3.8) is 0 Å². The highest BCUT2D eigenvalue weighted by Gasteiger charge is 2.04. The van der Waals surface area contributed by atoms with E-state index >= 15 is 0 Å². The van der Waals surface area contributed by atoms with E-state index in [9.17, 15) is 0 Å². The van der Waals surface area contributed by atoms with Crippen molar-refractivity contribution < 1.29 is 0 Å². The fourth-order valence-corrected chi connectivity index (χ4v) is 2.65. The van der Waals surface area contributed by atoms with Crippen LogP contribution < -0.4 is 5.32 Å². The third kappa shape index (κ3) is 3.90. The standard InChI is InChI=1S/C14H17BrN2S/c1-10(2)7-16-8-14-17-13(9-18-14)11-3-5-12(15)6-4-11/h3-6,9-10,16H,7-8H2,1-2H3. The first-order valence-corrected chi connectivity index (χ1v) is 7.73. The van der Waals surface area contributed by atoms with Gasteiger partial charge < -0.3 is 5.32 Å². The number of nitrogens with one attached hydrogen (secondary N) is 1. The van der Waals surface area contributed by atoms with E-state index in [2.05, 4.69) is 57.6 Å². The molecule has 0 spiro atoms. The highest BCUT2D eigenvalue weighted by atomic mass is 79.9. The highest BCUT2D eigenvalue weighted by Crippen LogP contribution is 2.23. The van der Waals surface area contributed by atoms with Crippen LogP contribution in [-0.4, -0.2) is 11.5 Å². The van der Waals surface area contributed by atoms with Gasteiger partial charge in [0.2, 0.25) is 0 Å². The monoisotopic (exact) mass is 324 g/mol. The summed E-state index contributed by atoms with van der Waals surface area (Å²) < 4.78 is 1.10. The van der Waals surface area contributed by atoms with Gasteiger partial charge in [0, 0.05) is 22.0 Å². The van der Waals surface area contributed by atoms with Crippen LogP contribution in [0, 0.1) is 5.92 Å². The predicted molar refractivity (Wildman–Crippen MR) is 81.8 cm³/mol. The topological polar surface area (TPSA) is 24.9 Å². The molecule has 0 bridgehead atoms. The molecule has 0 atom stereocenters. The molecule has 96 valence electrons. The number of halogens is 1. The summed E-state index contributed by atoms with van der Waals surface area (Å²) in [6, 6.07) is 8.27. The van der Waals surface area contributed by atoms with Crippen LogP contribution in [-0.2, 0) is 6.54 Å². The van der Waals surface area contributed by atoms with Crippen LogP contribution in [0.15, 0.2) is 34.1 Å². The van der Waals surface area contributed by atoms with E-state index in [0.717, 1.165) is 28.3 Å². The average molecular weight is 325 g/mol. The van der Waals surface area contributed by atoms with Gasteiger partial charge in [-0.3, -0.25) is 0 Å². The van der Waals surface area contributed by atoms with Crippen molar-refractivity contribution in [1.82, 2.24) is 10.3 Å². The Morgan fingerprint density at radius 2 is 2.00 bits per heavy atom. The molecule has 0 aliphatic heterocycles. The first-order chi connectivity index (χ1) is 8.65. The molecular weight excluding hydrogens is 308 g/mol. The van der Waals surface area contributed by atoms with Crippen molar-refractivity contribution in [3.05, 3.63) is 39.1 Å². The molecule has 2 rings (SSSR count). The van der Waals surface area contributed by atoms with Gasteiger partial charge in [-0.05, 0) is 24.6 Å². The zero-order valence-electron chi connectivity index (χ0n) is 10.6. The lowest BCUT2D eigenvalue weighted by Gasteiger charge is -2.04. The molecule has 0 fully saturated rings. The molecular formula is C14H17BrN2S. The summed E-state index contributed by atoms with van der Waals surface area (Å²) >= 11 is 5.16. The molecule has 0 unspecified atom stereocenters. The van der Waals surface area contributed by atoms with Crippen molar-refractivity contribution >= 4 is 27.3 Å². The molecule has 4 heteroatoms. The van der Waals surface area contributed by atoms with Crippen LogP contribution in [0.25, 0.3) is 11.3 Å². The third-order valence-corrected chi connectivity index (χ3v) is 3.90. The van der Waals surface area contributed by atoms with E-state index in [1.54, 1.807) is 11.3 Å². The second kappa shape index (κ2) is 6.45. The number of hydrogen-bond acceptors (Lipinski definition) is 3. The van der Waals surface area contributed by atoms with Crippen molar-refractivity contribution in [3.8, 4) is 11.3 Å². The van der Waals surface area contributed by atoms with Gasteiger partial charge in [0.05, 0.1) is 5.69 Å². The number of thiazole rings is 1. The maximum absolute atomic E-state index is 4.65. The number of aromatic nitrogens is 1. The molecule has 1 heterocycles. The van der Waals surface area contributed by atoms with Crippen molar-refractivity contribution in [1.29, 1.82) is 0 Å². The van der Waals surface area contributed by atoms with Gasteiger partial charge in [0.1, 0.15) is 5.01 Å². The van der Waals surface area contributed by atoms with Crippen LogP contribution in [0.4, 0.5) is 0 Å². The molecule has 0 saturated heterocycles. The molecule has 2 nitrogen and oxygen atoms in total. The zero-order valence-corrected chi connectivity index (χ0v) is 13.0. The van der Waals surface area contributed by atoms with Gasteiger partial charge in [0.15, 0.2) is 0 Å². The van der Waals surface area contributed by atoms with Crippen LogP contribution in [0.1, 0.15) is 18.9 Å². The Kier molecular flexibility index (Phi) is 4.92. The molecule has 18 heavy (non-hydrogen) atoms. The van der Waals surface area contributed by atoms with Crippen LogP contribution in [0.2, 0.25) is 0 Å². The molecule has 0 aliphatic carbocycles. The number of hydrogen-bond donors (Lipinski definition) is 1. The van der Waals surface area contributed by atoms with E-state index in [1.807, 2.05) is 12.1 Å². The summed E-state index contributed by atoms with van der Waals surface area (Å²) in [5.74, 6) is 0.677.